The third kappa shape index (κ3) is 2.60. The van der Waals surface area contributed by atoms with Gasteiger partial charge in [-0.15, -0.1) is 0 Å². The summed E-state index contributed by atoms with van der Waals surface area (Å²) in [4.78, 5) is 19.0. The highest BCUT2D eigenvalue weighted by molar-refractivity contribution is 6.33. The van der Waals surface area contributed by atoms with Crippen LogP contribution in [0.4, 0.5) is 11.5 Å². The molecule has 0 aliphatic heterocycles. The van der Waals surface area contributed by atoms with Crippen molar-refractivity contribution in [3.63, 3.8) is 0 Å². The highest BCUT2D eigenvalue weighted by Crippen LogP contribution is 2.24. The number of halogens is 1. The van der Waals surface area contributed by atoms with Gasteiger partial charge in [0.25, 0.3) is 0 Å². The van der Waals surface area contributed by atoms with Crippen LogP contribution in [-0.4, -0.2) is 16.3 Å². The van der Waals surface area contributed by atoms with Crippen molar-refractivity contribution in [1.29, 1.82) is 0 Å². The largest absolute Gasteiger partial charge is 0.338 e. The Morgan fingerprint density at radius 1 is 1.35 bits per heavy atom. The topological polar surface area (TPSA) is 54.9 Å². The molecule has 0 aliphatic carbocycles. The van der Waals surface area contributed by atoms with Gasteiger partial charge in [-0.25, -0.2) is 9.97 Å². The summed E-state index contributed by atoms with van der Waals surface area (Å²) in [5, 5.41) is 3.59. The maximum absolute atomic E-state index is 10.9. The van der Waals surface area contributed by atoms with Crippen molar-refractivity contribution in [2.24, 2.45) is 0 Å². The number of hydrogen-bond donors (Lipinski definition) is 1. The molecule has 0 bridgehead atoms. The number of aryl methyl sites for hydroxylation is 1. The average Bonchev–Trinajstić information content (AvgIpc) is 2.32. The fourth-order valence-electron chi connectivity index (χ4n) is 1.36. The number of hydrogen-bond acceptors (Lipinski definition) is 4. The minimum absolute atomic E-state index is 0.399. The van der Waals surface area contributed by atoms with Crippen LogP contribution in [0.15, 0.2) is 30.5 Å². The normalized spacial score (nSPS) is 10.0. The predicted octanol–water partition coefficient (Wildman–Crippen LogP) is 2.99. The minimum atomic E-state index is 0.399. The quantitative estimate of drug-likeness (QED) is 0.848. The van der Waals surface area contributed by atoms with Crippen molar-refractivity contribution in [3.05, 3.63) is 46.9 Å². The molecule has 17 heavy (non-hydrogen) atoms. The molecule has 1 aromatic carbocycles. The SMILES string of the molecule is Cc1ncc(C=O)c(Nc2ccccc2Cl)n1. The first-order valence-electron chi connectivity index (χ1n) is 5.01. The van der Waals surface area contributed by atoms with E-state index in [1.165, 1.54) is 6.20 Å². The predicted molar refractivity (Wildman–Crippen MR) is 66.9 cm³/mol. The van der Waals surface area contributed by atoms with E-state index < -0.39 is 0 Å². The third-order valence-electron chi connectivity index (χ3n) is 2.19. The van der Waals surface area contributed by atoms with E-state index in [0.717, 1.165) is 0 Å². The molecule has 4 nitrogen and oxygen atoms in total. The molecular formula is C12H10ClN3O. The van der Waals surface area contributed by atoms with Gasteiger partial charge in [-0.1, -0.05) is 23.7 Å². The molecule has 0 aliphatic rings. The fraction of sp³-hybridized carbons (Fsp3) is 0.0833. The average molecular weight is 248 g/mol. The van der Waals surface area contributed by atoms with Crippen LogP contribution in [0.5, 0.6) is 0 Å². The zero-order valence-electron chi connectivity index (χ0n) is 9.14. The summed E-state index contributed by atoms with van der Waals surface area (Å²) < 4.78 is 0. The molecule has 1 aromatic heterocycles. The van der Waals surface area contributed by atoms with Crippen molar-refractivity contribution in [1.82, 2.24) is 9.97 Å². The number of carbonyl (C=O) groups excluding carboxylic acids is 1. The molecule has 0 saturated carbocycles. The number of nitrogens with zero attached hydrogens (tertiary/aromatic N) is 2. The molecule has 0 atom stereocenters. The van der Waals surface area contributed by atoms with E-state index >= 15 is 0 Å². The van der Waals surface area contributed by atoms with E-state index in [0.29, 0.717) is 34.2 Å². The second-order valence-electron chi connectivity index (χ2n) is 3.44. The smallest absolute Gasteiger partial charge is 0.155 e. The highest BCUT2D eigenvalue weighted by Gasteiger charge is 2.06. The van der Waals surface area contributed by atoms with Gasteiger partial charge < -0.3 is 5.32 Å². The molecule has 1 heterocycles. The number of anilines is 2. The van der Waals surface area contributed by atoms with E-state index in [-0.39, 0.29) is 0 Å². The van der Waals surface area contributed by atoms with Crippen LogP contribution in [0, 0.1) is 6.92 Å². The van der Waals surface area contributed by atoms with Gasteiger partial charge in [0.15, 0.2) is 6.29 Å². The molecule has 0 fully saturated rings. The van der Waals surface area contributed by atoms with Crippen LogP contribution in [-0.2, 0) is 0 Å². The lowest BCUT2D eigenvalue weighted by Gasteiger charge is -2.09. The maximum Gasteiger partial charge on any atom is 0.155 e. The maximum atomic E-state index is 10.9. The Kier molecular flexibility index (Phi) is 3.35. The van der Waals surface area contributed by atoms with Crippen molar-refractivity contribution < 1.29 is 4.79 Å². The first-order chi connectivity index (χ1) is 8.20. The van der Waals surface area contributed by atoms with Crippen molar-refractivity contribution >= 4 is 29.4 Å². The van der Waals surface area contributed by atoms with Gasteiger partial charge in [0, 0.05) is 6.20 Å². The summed E-state index contributed by atoms with van der Waals surface area (Å²) in [7, 11) is 0. The highest BCUT2D eigenvalue weighted by atomic mass is 35.5. The van der Waals surface area contributed by atoms with Crippen LogP contribution in [0.1, 0.15) is 16.2 Å². The van der Waals surface area contributed by atoms with Crippen LogP contribution >= 0.6 is 11.6 Å². The molecule has 5 heteroatoms. The Morgan fingerprint density at radius 2 is 2.12 bits per heavy atom. The first kappa shape index (κ1) is 11.5. The fourth-order valence-corrected chi connectivity index (χ4v) is 1.54. The van der Waals surface area contributed by atoms with E-state index in [4.69, 9.17) is 11.6 Å². The van der Waals surface area contributed by atoms with Gasteiger partial charge in [-0.3, -0.25) is 4.79 Å². The second kappa shape index (κ2) is 4.93. The summed E-state index contributed by atoms with van der Waals surface area (Å²) in [6, 6.07) is 7.26. The minimum Gasteiger partial charge on any atom is -0.338 e. The number of carbonyl (C=O) groups is 1. The number of para-hydroxylation sites is 1. The molecule has 0 radical (unpaired) electrons. The number of aromatic nitrogens is 2. The summed E-state index contributed by atoms with van der Waals surface area (Å²) in [5.41, 5.74) is 1.10. The van der Waals surface area contributed by atoms with Crippen molar-refractivity contribution in [2.45, 2.75) is 6.92 Å². The van der Waals surface area contributed by atoms with Gasteiger partial charge in [-0.05, 0) is 19.1 Å². The van der Waals surface area contributed by atoms with E-state index in [1.54, 1.807) is 13.0 Å². The third-order valence-corrected chi connectivity index (χ3v) is 2.52. The lowest BCUT2D eigenvalue weighted by molar-refractivity contribution is 0.112. The summed E-state index contributed by atoms with van der Waals surface area (Å²) in [5.74, 6) is 1.05. The monoisotopic (exact) mass is 247 g/mol. The Hall–Kier alpha value is -1.94. The number of aldehydes is 1. The van der Waals surface area contributed by atoms with Crippen molar-refractivity contribution in [2.75, 3.05) is 5.32 Å². The van der Waals surface area contributed by atoms with Crippen LogP contribution in [0.3, 0.4) is 0 Å². The zero-order valence-corrected chi connectivity index (χ0v) is 9.90. The summed E-state index contributed by atoms with van der Waals surface area (Å²) in [6.45, 7) is 1.76. The Balaban J connectivity index is 2.39. The Morgan fingerprint density at radius 3 is 2.82 bits per heavy atom. The van der Waals surface area contributed by atoms with Crippen LogP contribution in [0.2, 0.25) is 5.02 Å². The van der Waals surface area contributed by atoms with E-state index in [1.807, 2.05) is 18.2 Å². The standard InChI is InChI=1S/C12H10ClN3O/c1-8-14-6-9(7-17)12(15-8)16-11-5-3-2-4-10(11)13/h2-7H,1H3,(H,14,15,16). The summed E-state index contributed by atoms with van der Waals surface area (Å²) in [6.07, 6.45) is 2.19. The van der Waals surface area contributed by atoms with Gasteiger partial charge in [0.05, 0.1) is 16.3 Å². The van der Waals surface area contributed by atoms with Crippen molar-refractivity contribution in [3.8, 4) is 0 Å². The zero-order chi connectivity index (χ0) is 12.3. The second-order valence-corrected chi connectivity index (χ2v) is 3.85. The van der Waals surface area contributed by atoms with Gasteiger partial charge >= 0.3 is 0 Å². The molecule has 0 spiro atoms. The number of benzene rings is 1. The molecule has 2 aromatic rings. The van der Waals surface area contributed by atoms with Gasteiger partial charge in [-0.2, -0.15) is 0 Å². The molecule has 86 valence electrons. The van der Waals surface area contributed by atoms with Crippen LogP contribution < -0.4 is 5.32 Å². The molecule has 0 unspecified atom stereocenters. The van der Waals surface area contributed by atoms with Gasteiger partial charge in [0.2, 0.25) is 0 Å². The summed E-state index contributed by atoms with van der Waals surface area (Å²) >= 11 is 6.02. The van der Waals surface area contributed by atoms with Crippen LogP contribution in [0.25, 0.3) is 0 Å². The Labute approximate surface area is 104 Å². The van der Waals surface area contributed by atoms with E-state index in [9.17, 15) is 4.79 Å². The molecule has 1 N–H and O–H groups in total. The number of nitrogens with one attached hydrogen (secondary N) is 1. The Bertz CT molecular complexity index is 557. The molecule has 2 rings (SSSR count). The lowest BCUT2D eigenvalue weighted by Crippen LogP contribution is -2.01. The molecule has 0 saturated heterocycles. The lowest BCUT2D eigenvalue weighted by atomic mass is 10.3. The van der Waals surface area contributed by atoms with E-state index in [2.05, 4.69) is 15.3 Å². The molecule has 0 amide bonds. The number of rotatable bonds is 3. The first-order valence-corrected chi connectivity index (χ1v) is 5.39. The van der Waals surface area contributed by atoms with Gasteiger partial charge in [0.1, 0.15) is 11.6 Å². The molecular weight excluding hydrogens is 238 g/mol.